The minimum Gasteiger partial charge on any atom is -0.251 e. The predicted octanol–water partition coefficient (Wildman–Crippen LogP) is 3.17. The molecule has 1 heterocycles. The molecular formula is C7H5BrF3N. The van der Waals surface area contributed by atoms with Crippen LogP contribution < -0.4 is 0 Å². The Hall–Kier alpha value is -0.580. The minimum absolute atomic E-state index is 0.421. The van der Waals surface area contributed by atoms with E-state index in [9.17, 15) is 13.2 Å². The Morgan fingerprint density at radius 3 is 2.42 bits per heavy atom. The SMILES string of the molecule is Cc1cnc(C(F)(F)F)cc1Br. The number of rotatable bonds is 0. The molecule has 0 unspecified atom stereocenters. The molecule has 0 atom stereocenters. The summed E-state index contributed by atoms with van der Waals surface area (Å²) in [7, 11) is 0. The largest absolute Gasteiger partial charge is 0.433 e. The van der Waals surface area contributed by atoms with Crippen LogP contribution in [-0.2, 0) is 6.18 Å². The Kier molecular flexibility index (Phi) is 2.41. The third-order valence-electron chi connectivity index (χ3n) is 1.33. The standard InChI is InChI=1S/C7H5BrF3N/c1-4-3-12-6(2-5(4)8)7(9,10)11/h2-3H,1H3. The van der Waals surface area contributed by atoms with Crippen molar-refractivity contribution in [3.8, 4) is 0 Å². The normalized spacial score (nSPS) is 11.8. The molecule has 0 aromatic carbocycles. The Bertz CT molecular complexity index is 295. The Morgan fingerprint density at radius 1 is 1.42 bits per heavy atom. The monoisotopic (exact) mass is 239 g/mol. The summed E-state index contributed by atoms with van der Waals surface area (Å²) in [6.07, 6.45) is -3.18. The number of hydrogen-bond acceptors (Lipinski definition) is 1. The molecule has 0 N–H and O–H groups in total. The maximum Gasteiger partial charge on any atom is 0.433 e. The fourth-order valence-corrected chi connectivity index (χ4v) is 0.973. The van der Waals surface area contributed by atoms with Crippen LogP contribution in [0.3, 0.4) is 0 Å². The van der Waals surface area contributed by atoms with Gasteiger partial charge in [-0.05, 0) is 18.6 Å². The summed E-state index contributed by atoms with van der Waals surface area (Å²) >= 11 is 3.00. The topological polar surface area (TPSA) is 12.9 Å². The first-order chi connectivity index (χ1) is 5.41. The van der Waals surface area contributed by atoms with Gasteiger partial charge in [-0.3, -0.25) is 4.98 Å². The third-order valence-corrected chi connectivity index (χ3v) is 2.18. The van der Waals surface area contributed by atoms with Crippen LogP contribution in [-0.4, -0.2) is 4.98 Å². The van der Waals surface area contributed by atoms with E-state index < -0.39 is 11.9 Å². The smallest absolute Gasteiger partial charge is 0.251 e. The fourth-order valence-electron chi connectivity index (χ4n) is 0.654. The first-order valence-corrected chi connectivity index (χ1v) is 3.90. The second kappa shape index (κ2) is 3.05. The van der Waals surface area contributed by atoms with Gasteiger partial charge in [0.25, 0.3) is 0 Å². The summed E-state index contributed by atoms with van der Waals surface area (Å²) in [6, 6.07) is 0.968. The van der Waals surface area contributed by atoms with Crippen molar-refractivity contribution in [3.63, 3.8) is 0 Å². The summed E-state index contributed by atoms with van der Waals surface area (Å²) < 4.78 is 36.5. The molecule has 0 fully saturated rings. The van der Waals surface area contributed by atoms with E-state index in [4.69, 9.17) is 0 Å². The van der Waals surface area contributed by atoms with Gasteiger partial charge in [0.05, 0.1) is 0 Å². The van der Waals surface area contributed by atoms with Crippen LogP contribution >= 0.6 is 15.9 Å². The van der Waals surface area contributed by atoms with Crippen LogP contribution in [0.5, 0.6) is 0 Å². The molecule has 12 heavy (non-hydrogen) atoms. The molecule has 1 nitrogen and oxygen atoms in total. The first-order valence-electron chi connectivity index (χ1n) is 3.10. The van der Waals surface area contributed by atoms with Crippen molar-refractivity contribution in [2.45, 2.75) is 13.1 Å². The lowest BCUT2D eigenvalue weighted by Gasteiger charge is -2.06. The van der Waals surface area contributed by atoms with Crippen LogP contribution in [0.2, 0.25) is 0 Å². The van der Waals surface area contributed by atoms with Gasteiger partial charge in [0.1, 0.15) is 5.69 Å². The molecule has 0 radical (unpaired) electrons. The van der Waals surface area contributed by atoms with Crippen molar-refractivity contribution in [1.82, 2.24) is 4.98 Å². The molecule has 1 aromatic heterocycles. The summed E-state index contributed by atoms with van der Waals surface area (Å²) in [6.45, 7) is 1.68. The number of halogens is 4. The zero-order valence-corrected chi connectivity index (χ0v) is 7.70. The maximum atomic E-state index is 12.0. The first kappa shape index (κ1) is 9.51. The molecule has 0 aliphatic heterocycles. The van der Waals surface area contributed by atoms with Gasteiger partial charge in [-0.25, -0.2) is 0 Å². The highest BCUT2D eigenvalue weighted by Crippen LogP contribution is 2.29. The van der Waals surface area contributed by atoms with Gasteiger partial charge in [-0.2, -0.15) is 13.2 Å². The quantitative estimate of drug-likeness (QED) is 0.678. The lowest BCUT2D eigenvalue weighted by Crippen LogP contribution is -2.07. The van der Waals surface area contributed by atoms with Gasteiger partial charge in [-0.1, -0.05) is 15.9 Å². The molecule has 1 aromatic rings. The number of nitrogens with zero attached hydrogens (tertiary/aromatic N) is 1. The summed E-state index contributed by atoms with van der Waals surface area (Å²) in [5, 5.41) is 0. The molecule has 0 spiro atoms. The zero-order chi connectivity index (χ0) is 9.35. The van der Waals surface area contributed by atoms with Crippen LogP contribution in [0.1, 0.15) is 11.3 Å². The fraction of sp³-hybridized carbons (Fsp3) is 0.286. The third kappa shape index (κ3) is 1.97. The van der Waals surface area contributed by atoms with E-state index in [0.29, 0.717) is 10.0 Å². The van der Waals surface area contributed by atoms with Crippen LogP contribution in [0.4, 0.5) is 13.2 Å². The Labute approximate surface area is 75.7 Å². The van der Waals surface area contributed by atoms with Gasteiger partial charge in [0, 0.05) is 10.7 Å². The molecule has 1 rings (SSSR count). The minimum atomic E-state index is -4.36. The number of aromatic nitrogens is 1. The maximum absolute atomic E-state index is 12.0. The molecule has 5 heteroatoms. The molecule has 0 amide bonds. The zero-order valence-electron chi connectivity index (χ0n) is 6.11. The van der Waals surface area contributed by atoms with Gasteiger partial charge >= 0.3 is 6.18 Å². The van der Waals surface area contributed by atoms with E-state index in [-0.39, 0.29) is 0 Å². The van der Waals surface area contributed by atoms with Crippen LogP contribution in [0, 0.1) is 6.92 Å². The van der Waals surface area contributed by atoms with Gasteiger partial charge in [0.15, 0.2) is 0 Å². The highest BCUT2D eigenvalue weighted by molar-refractivity contribution is 9.10. The number of alkyl halides is 3. The number of aryl methyl sites for hydroxylation is 1. The van der Waals surface area contributed by atoms with Crippen molar-refractivity contribution >= 4 is 15.9 Å². The van der Waals surface area contributed by atoms with Crippen molar-refractivity contribution in [2.75, 3.05) is 0 Å². The van der Waals surface area contributed by atoms with E-state index in [1.807, 2.05) is 0 Å². The highest BCUT2D eigenvalue weighted by atomic mass is 79.9. The van der Waals surface area contributed by atoms with E-state index in [2.05, 4.69) is 20.9 Å². The Morgan fingerprint density at radius 2 is 2.00 bits per heavy atom. The van der Waals surface area contributed by atoms with E-state index in [1.165, 1.54) is 6.20 Å². The van der Waals surface area contributed by atoms with E-state index in [0.717, 1.165) is 6.07 Å². The highest BCUT2D eigenvalue weighted by Gasteiger charge is 2.32. The molecule has 0 aliphatic rings. The lowest BCUT2D eigenvalue weighted by molar-refractivity contribution is -0.141. The van der Waals surface area contributed by atoms with E-state index in [1.54, 1.807) is 6.92 Å². The van der Waals surface area contributed by atoms with Crippen molar-refractivity contribution in [1.29, 1.82) is 0 Å². The summed E-state index contributed by atoms with van der Waals surface area (Å²) in [5.41, 5.74) is -0.192. The number of pyridine rings is 1. The second-order valence-corrected chi connectivity index (χ2v) is 3.17. The van der Waals surface area contributed by atoms with Crippen molar-refractivity contribution in [2.24, 2.45) is 0 Å². The van der Waals surface area contributed by atoms with E-state index >= 15 is 0 Å². The second-order valence-electron chi connectivity index (χ2n) is 2.32. The molecule has 66 valence electrons. The predicted molar refractivity (Wildman–Crippen MR) is 41.7 cm³/mol. The lowest BCUT2D eigenvalue weighted by atomic mass is 10.3. The van der Waals surface area contributed by atoms with Crippen LogP contribution in [0.15, 0.2) is 16.7 Å². The molecule has 0 aliphatic carbocycles. The van der Waals surface area contributed by atoms with Gasteiger partial charge in [-0.15, -0.1) is 0 Å². The van der Waals surface area contributed by atoms with Gasteiger partial charge in [0.2, 0.25) is 0 Å². The average Bonchev–Trinajstić information content (AvgIpc) is 1.92. The van der Waals surface area contributed by atoms with Crippen LogP contribution in [0.25, 0.3) is 0 Å². The van der Waals surface area contributed by atoms with Gasteiger partial charge < -0.3 is 0 Å². The molecule has 0 saturated carbocycles. The molecule has 0 saturated heterocycles. The molecular weight excluding hydrogens is 235 g/mol. The average molecular weight is 240 g/mol. The number of hydrogen-bond donors (Lipinski definition) is 0. The Balaban J connectivity index is 3.14. The van der Waals surface area contributed by atoms with Crippen molar-refractivity contribution in [3.05, 3.63) is 28.0 Å². The van der Waals surface area contributed by atoms with Crippen molar-refractivity contribution < 1.29 is 13.2 Å². The summed E-state index contributed by atoms with van der Waals surface area (Å²) in [5.74, 6) is 0. The molecule has 0 bridgehead atoms. The summed E-state index contributed by atoms with van der Waals surface area (Å²) in [4.78, 5) is 3.26.